The van der Waals surface area contributed by atoms with Gasteiger partial charge in [0.2, 0.25) is 0 Å². The maximum Gasteiger partial charge on any atom is 0.191 e. The molecular weight excluding hydrogens is 459 g/mol. The van der Waals surface area contributed by atoms with Gasteiger partial charge in [0.1, 0.15) is 16.4 Å². The number of guanidine groups is 1. The lowest BCUT2D eigenvalue weighted by Gasteiger charge is -2.10. The number of rotatable bonds is 5. The molecule has 3 aromatic rings. The van der Waals surface area contributed by atoms with Crippen LogP contribution in [0.2, 0.25) is 0 Å². The number of nitrogens with one attached hydrogen (secondary N) is 2. The Hall–Kier alpha value is -1.61. The zero-order valence-electron chi connectivity index (χ0n) is 15.5. The third kappa shape index (κ3) is 4.76. The molecule has 140 valence electrons. The van der Waals surface area contributed by atoms with Crippen LogP contribution >= 0.6 is 35.3 Å². The van der Waals surface area contributed by atoms with Crippen molar-refractivity contribution in [3.63, 3.8) is 0 Å². The minimum Gasteiger partial charge on any atom is -0.459 e. The second-order valence-electron chi connectivity index (χ2n) is 6.25. The fourth-order valence-electron chi connectivity index (χ4n) is 2.61. The summed E-state index contributed by atoms with van der Waals surface area (Å²) in [6.45, 7) is 7.65. The summed E-state index contributed by atoms with van der Waals surface area (Å²) in [5.41, 5.74) is 3.23. The van der Waals surface area contributed by atoms with Gasteiger partial charge in [0.05, 0.1) is 18.8 Å². The van der Waals surface area contributed by atoms with Gasteiger partial charge in [0.15, 0.2) is 5.96 Å². The first-order chi connectivity index (χ1) is 12.1. The van der Waals surface area contributed by atoms with E-state index in [4.69, 9.17) is 4.42 Å². The van der Waals surface area contributed by atoms with Crippen LogP contribution in [-0.4, -0.2) is 18.0 Å². The van der Waals surface area contributed by atoms with Gasteiger partial charge in [-0.2, -0.15) is 0 Å². The molecular formula is C19H25IN4OS. The number of nitrogens with zero attached hydrogens (tertiary/aromatic N) is 2. The van der Waals surface area contributed by atoms with E-state index in [1.165, 1.54) is 5.56 Å². The quantitative estimate of drug-likeness (QED) is 0.310. The number of hydrogen-bond acceptors (Lipinski definition) is 4. The van der Waals surface area contributed by atoms with Crippen molar-refractivity contribution in [1.29, 1.82) is 0 Å². The van der Waals surface area contributed by atoms with Crippen LogP contribution < -0.4 is 10.6 Å². The van der Waals surface area contributed by atoms with Crippen molar-refractivity contribution in [1.82, 2.24) is 15.6 Å². The molecule has 0 saturated carbocycles. The van der Waals surface area contributed by atoms with Crippen LogP contribution in [0.1, 0.15) is 41.8 Å². The Morgan fingerprint density at radius 1 is 1.23 bits per heavy atom. The van der Waals surface area contributed by atoms with E-state index in [0.29, 0.717) is 19.0 Å². The molecule has 0 spiro atoms. The van der Waals surface area contributed by atoms with Gasteiger partial charge in [0.25, 0.3) is 0 Å². The number of fused-ring (bicyclic) bond motifs is 1. The maximum absolute atomic E-state index is 5.93. The van der Waals surface area contributed by atoms with Crippen molar-refractivity contribution in [3.05, 3.63) is 51.7 Å². The lowest BCUT2D eigenvalue weighted by Crippen LogP contribution is -2.36. The Morgan fingerprint density at radius 3 is 2.62 bits per heavy atom. The Labute approximate surface area is 175 Å². The molecule has 0 aliphatic heterocycles. The Bertz CT molecular complexity index is 885. The molecule has 0 bridgehead atoms. The van der Waals surface area contributed by atoms with E-state index in [9.17, 15) is 0 Å². The molecule has 0 aliphatic rings. The van der Waals surface area contributed by atoms with Crippen LogP contribution in [0.3, 0.4) is 0 Å². The first-order valence-corrected chi connectivity index (χ1v) is 9.32. The number of furan rings is 1. The van der Waals surface area contributed by atoms with Crippen LogP contribution in [-0.2, 0) is 13.1 Å². The fourth-order valence-corrected chi connectivity index (χ4v) is 3.50. The van der Waals surface area contributed by atoms with E-state index in [-0.39, 0.29) is 24.0 Å². The smallest absolute Gasteiger partial charge is 0.191 e. The molecule has 2 aromatic heterocycles. The summed E-state index contributed by atoms with van der Waals surface area (Å²) in [6.07, 6.45) is 0. The van der Waals surface area contributed by atoms with Crippen LogP contribution in [0.25, 0.3) is 11.0 Å². The van der Waals surface area contributed by atoms with E-state index < -0.39 is 0 Å². The average molecular weight is 484 g/mol. The number of aliphatic imine (C=N–C) groups is 1. The van der Waals surface area contributed by atoms with Gasteiger partial charge in [-0.1, -0.05) is 32.0 Å². The van der Waals surface area contributed by atoms with Crippen molar-refractivity contribution >= 4 is 52.2 Å². The molecule has 1 aromatic carbocycles. The zero-order valence-corrected chi connectivity index (χ0v) is 18.6. The van der Waals surface area contributed by atoms with Crippen LogP contribution in [0, 0.1) is 6.92 Å². The molecule has 3 rings (SSSR count). The van der Waals surface area contributed by atoms with Gasteiger partial charge >= 0.3 is 0 Å². The van der Waals surface area contributed by atoms with Crippen molar-refractivity contribution < 1.29 is 4.42 Å². The first-order valence-electron chi connectivity index (χ1n) is 8.44. The third-order valence-electron chi connectivity index (χ3n) is 4.15. The molecule has 2 N–H and O–H groups in total. The summed E-state index contributed by atoms with van der Waals surface area (Å²) in [4.78, 5) is 8.91. The molecule has 0 radical (unpaired) electrons. The molecule has 0 aliphatic carbocycles. The maximum atomic E-state index is 5.93. The van der Waals surface area contributed by atoms with Gasteiger partial charge in [-0.25, -0.2) is 4.98 Å². The largest absolute Gasteiger partial charge is 0.459 e. The van der Waals surface area contributed by atoms with Crippen molar-refractivity contribution in [2.75, 3.05) is 7.05 Å². The van der Waals surface area contributed by atoms with E-state index in [1.807, 2.05) is 18.2 Å². The molecule has 2 heterocycles. The third-order valence-corrected chi connectivity index (χ3v) is 5.02. The number of benzene rings is 1. The highest BCUT2D eigenvalue weighted by Crippen LogP contribution is 2.24. The van der Waals surface area contributed by atoms with Crippen molar-refractivity contribution in [3.8, 4) is 0 Å². The minimum atomic E-state index is 0. The zero-order chi connectivity index (χ0) is 17.8. The van der Waals surface area contributed by atoms with Gasteiger partial charge in [-0.3, -0.25) is 4.99 Å². The number of thiazole rings is 1. The first kappa shape index (κ1) is 20.7. The highest BCUT2D eigenvalue weighted by molar-refractivity contribution is 14.0. The normalized spacial score (nSPS) is 11.7. The highest BCUT2D eigenvalue weighted by Gasteiger charge is 2.11. The SMILES string of the molecule is CN=C(NCc1nc(C(C)C)cs1)NCc1oc2ccccc2c1C.I. The Balaban J connectivity index is 0.00000243. The number of hydrogen-bond donors (Lipinski definition) is 2. The summed E-state index contributed by atoms with van der Waals surface area (Å²) in [5, 5.41) is 11.0. The van der Waals surface area contributed by atoms with Gasteiger partial charge < -0.3 is 15.1 Å². The number of aromatic nitrogens is 1. The van der Waals surface area contributed by atoms with Crippen molar-refractivity contribution in [2.45, 2.75) is 39.8 Å². The number of halogens is 1. The Morgan fingerprint density at radius 2 is 1.96 bits per heavy atom. The number of para-hydroxylation sites is 1. The standard InChI is InChI=1S/C19H24N4OS.HI/c1-12(2)15-11-25-18(23-15)10-22-19(20-4)21-9-17-13(3)14-7-5-6-8-16(14)24-17;/h5-8,11-12H,9-10H2,1-4H3,(H2,20,21,22);1H. The van der Waals surface area contributed by atoms with Gasteiger partial charge in [0, 0.05) is 23.4 Å². The molecule has 0 saturated heterocycles. The summed E-state index contributed by atoms with van der Waals surface area (Å²) < 4.78 is 5.93. The van der Waals surface area contributed by atoms with Gasteiger partial charge in [-0.05, 0) is 18.9 Å². The second-order valence-corrected chi connectivity index (χ2v) is 7.19. The van der Waals surface area contributed by atoms with Crippen molar-refractivity contribution in [2.24, 2.45) is 4.99 Å². The van der Waals surface area contributed by atoms with E-state index in [1.54, 1.807) is 18.4 Å². The molecule has 26 heavy (non-hydrogen) atoms. The molecule has 0 atom stereocenters. The molecule has 0 amide bonds. The predicted molar refractivity (Wildman–Crippen MR) is 120 cm³/mol. The summed E-state index contributed by atoms with van der Waals surface area (Å²) >= 11 is 1.68. The number of aryl methyl sites for hydroxylation is 1. The van der Waals surface area contributed by atoms with E-state index in [0.717, 1.165) is 33.4 Å². The fraction of sp³-hybridized carbons (Fsp3) is 0.368. The monoisotopic (exact) mass is 484 g/mol. The van der Waals surface area contributed by atoms with E-state index >= 15 is 0 Å². The predicted octanol–water partition coefficient (Wildman–Crippen LogP) is 4.80. The molecule has 5 nitrogen and oxygen atoms in total. The molecule has 0 fully saturated rings. The van der Waals surface area contributed by atoms with E-state index in [2.05, 4.69) is 52.8 Å². The van der Waals surface area contributed by atoms with Crippen LogP contribution in [0.4, 0.5) is 0 Å². The second kappa shape index (κ2) is 9.36. The summed E-state index contributed by atoms with van der Waals surface area (Å²) in [7, 11) is 1.77. The minimum absolute atomic E-state index is 0. The lowest BCUT2D eigenvalue weighted by molar-refractivity contribution is 0.534. The highest BCUT2D eigenvalue weighted by atomic mass is 127. The lowest BCUT2D eigenvalue weighted by atomic mass is 10.1. The molecule has 7 heteroatoms. The topological polar surface area (TPSA) is 62.5 Å². The van der Waals surface area contributed by atoms with Crippen LogP contribution in [0.15, 0.2) is 39.1 Å². The molecule has 0 unspecified atom stereocenters. The summed E-state index contributed by atoms with van der Waals surface area (Å²) in [5.74, 6) is 2.13. The van der Waals surface area contributed by atoms with Gasteiger partial charge in [-0.15, -0.1) is 35.3 Å². The average Bonchev–Trinajstić information content (AvgIpc) is 3.21. The van der Waals surface area contributed by atoms with Crippen LogP contribution in [0.5, 0.6) is 0 Å². The summed E-state index contributed by atoms with van der Waals surface area (Å²) in [6, 6.07) is 8.09. The Kier molecular flexibility index (Phi) is 7.45.